The Morgan fingerprint density at radius 2 is 2.00 bits per heavy atom. The molecule has 1 aromatic rings. The van der Waals surface area contributed by atoms with Gasteiger partial charge >= 0.3 is 0 Å². The van der Waals surface area contributed by atoms with Gasteiger partial charge in [-0.25, -0.2) is 9.97 Å². The predicted molar refractivity (Wildman–Crippen MR) is 78.7 cm³/mol. The maximum Gasteiger partial charge on any atom is 0.225 e. The zero-order chi connectivity index (χ0) is 13.8. The first kappa shape index (κ1) is 13.8. The third-order valence-corrected chi connectivity index (χ3v) is 4.42. The van der Waals surface area contributed by atoms with Crippen LogP contribution in [0.15, 0.2) is 12.4 Å². The lowest BCUT2D eigenvalue weighted by atomic mass is 10.1. The van der Waals surface area contributed by atoms with Crippen LogP contribution in [0.1, 0.15) is 31.7 Å². The molecule has 1 saturated heterocycles. The van der Waals surface area contributed by atoms with Crippen molar-refractivity contribution in [2.24, 2.45) is 5.92 Å². The fraction of sp³-hybridized carbons (Fsp3) is 0.733. The molecule has 0 amide bonds. The molecule has 2 fully saturated rings. The number of morpholine rings is 1. The van der Waals surface area contributed by atoms with Gasteiger partial charge in [-0.1, -0.05) is 13.3 Å². The number of rotatable bonds is 4. The van der Waals surface area contributed by atoms with Crippen molar-refractivity contribution >= 4 is 5.95 Å². The average Bonchev–Trinajstić information content (AvgIpc) is 2.92. The number of nitrogens with one attached hydrogen (secondary N) is 1. The van der Waals surface area contributed by atoms with Crippen LogP contribution in [0, 0.1) is 5.92 Å². The largest absolute Gasteiger partial charge is 0.378 e. The second-order valence-corrected chi connectivity index (χ2v) is 5.89. The average molecular weight is 276 g/mol. The monoisotopic (exact) mass is 276 g/mol. The molecule has 5 nitrogen and oxygen atoms in total. The van der Waals surface area contributed by atoms with E-state index in [4.69, 9.17) is 4.74 Å². The van der Waals surface area contributed by atoms with E-state index in [2.05, 4.69) is 27.1 Å². The summed E-state index contributed by atoms with van der Waals surface area (Å²) in [6.45, 7) is 6.52. The first-order valence-corrected chi connectivity index (χ1v) is 7.70. The molecule has 2 aliphatic rings. The summed E-state index contributed by atoms with van der Waals surface area (Å²) in [5.74, 6) is 1.62. The Morgan fingerprint density at radius 3 is 2.65 bits per heavy atom. The molecule has 0 aromatic carbocycles. The van der Waals surface area contributed by atoms with Crippen LogP contribution < -0.4 is 10.2 Å². The molecule has 1 N–H and O–H groups in total. The summed E-state index contributed by atoms with van der Waals surface area (Å²) in [5.41, 5.74) is 1.17. The Balaban J connectivity index is 1.53. The minimum Gasteiger partial charge on any atom is -0.378 e. The lowest BCUT2D eigenvalue weighted by Crippen LogP contribution is -2.37. The summed E-state index contributed by atoms with van der Waals surface area (Å²) in [5, 5.41) is 3.63. The summed E-state index contributed by atoms with van der Waals surface area (Å²) in [4.78, 5) is 11.2. The number of hydrogen-bond acceptors (Lipinski definition) is 5. The van der Waals surface area contributed by atoms with Gasteiger partial charge in [0.05, 0.1) is 13.2 Å². The van der Waals surface area contributed by atoms with Crippen LogP contribution >= 0.6 is 0 Å². The van der Waals surface area contributed by atoms with Crippen molar-refractivity contribution in [2.75, 3.05) is 31.2 Å². The predicted octanol–water partition coefficient (Wildman–Crippen LogP) is 1.59. The van der Waals surface area contributed by atoms with Gasteiger partial charge in [0.25, 0.3) is 0 Å². The first-order chi connectivity index (χ1) is 9.83. The van der Waals surface area contributed by atoms with E-state index in [9.17, 15) is 0 Å². The summed E-state index contributed by atoms with van der Waals surface area (Å²) in [6, 6.07) is 0.661. The molecule has 0 radical (unpaired) electrons. The Kier molecular flexibility index (Phi) is 4.47. The second-order valence-electron chi connectivity index (χ2n) is 5.89. The molecule has 2 heterocycles. The zero-order valence-corrected chi connectivity index (χ0v) is 12.2. The van der Waals surface area contributed by atoms with E-state index in [0.29, 0.717) is 6.04 Å². The molecule has 1 saturated carbocycles. The van der Waals surface area contributed by atoms with Crippen molar-refractivity contribution in [2.45, 2.75) is 38.8 Å². The molecular formula is C15H24N4O. The van der Waals surface area contributed by atoms with Crippen LogP contribution in [0.3, 0.4) is 0 Å². The summed E-state index contributed by atoms with van der Waals surface area (Å²) in [7, 11) is 0. The second kappa shape index (κ2) is 6.50. The highest BCUT2D eigenvalue weighted by Crippen LogP contribution is 2.25. The molecular weight excluding hydrogens is 252 g/mol. The van der Waals surface area contributed by atoms with Crippen molar-refractivity contribution in [1.82, 2.24) is 15.3 Å². The molecule has 0 spiro atoms. The van der Waals surface area contributed by atoms with Gasteiger partial charge in [0.1, 0.15) is 0 Å². The van der Waals surface area contributed by atoms with Crippen molar-refractivity contribution in [1.29, 1.82) is 0 Å². The van der Waals surface area contributed by atoms with Crippen LogP contribution in [0.2, 0.25) is 0 Å². The normalized spacial score (nSPS) is 26.9. The van der Waals surface area contributed by atoms with Gasteiger partial charge in [-0.2, -0.15) is 0 Å². The van der Waals surface area contributed by atoms with E-state index < -0.39 is 0 Å². The third-order valence-electron chi connectivity index (χ3n) is 4.42. The van der Waals surface area contributed by atoms with Crippen LogP contribution in [0.25, 0.3) is 0 Å². The van der Waals surface area contributed by atoms with Crippen LogP contribution in [0.5, 0.6) is 0 Å². The molecule has 110 valence electrons. The van der Waals surface area contributed by atoms with E-state index in [1.807, 2.05) is 12.4 Å². The number of anilines is 1. The van der Waals surface area contributed by atoms with Crippen molar-refractivity contribution in [3.8, 4) is 0 Å². The Hall–Kier alpha value is -1.20. The van der Waals surface area contributed by atoms with Gasteiger partial charge in [-0.3, -0.25) is 0 Å². The highest BCUT2D eigenvalue weighted by atomic mass is 16.5. The van der Waals surface area contributed by atoms with Gasteiger partial charge in [0, 0.05) is 43.6 Å². The quantitative estimate of drug-likeness (QED) is 0.905. The maximum atomic E-state index is 5.34. The van der Waals surface area contributed by atoms with Crippen molar-refractivity contribution in [3.05, 3.63) is 18.0 Å². The van der Waals surface area contributed by atoms with E-state index in [1.165, 1.54) is 24.8 Å². The Bertz CT molecular complexity index is 416. The van der Waals surface area contributed by atoms with Gasteiger partial charge in [0.2, 0.25) is 5.95 Å². The highest BCUT2D eigenvalue weighted by molar-refractivity contribution is 5.30. The van der Waals surface area contributed by atoms with Gasteiger partial charge in [0.15, 0.2) is 0 Å². The molecule has 1 aliphatic carbocycles. The summed E-state index contributed by atoms with van der Waals surface area (Å²) < 4.78 is 5.34. The van der Waals surface area contributed by atoms with Crippen molar-refractivity contribution in [3.63, 3.8) is 0 Å². The molecule has 3 rings (SSSR count). The van der Waals surface area contributed by atoms with Crippen LogP contribution in [-0.2, 0) is 11.3 Å². The molecule has 1 aromatic heterocycles. The number of aromatic nitrogens is 2. The van der Waals surface area contributed by atoms with Crippen LogP contribution in [-0.4, -0.2) is 42.3 Å². The van der Waals surface area contributed by atoms with E-state index in [1.54, 1.807) is 0 Å². The summed E-state index contributed by atoms with van der Waals surface area (Å²) in [6.07, 6.45) is 7.90. The molecule has 0 unspecified atom stereocenters. The fourth-order valence-electron chi connectivity index (χ4n) is 3.06. The Labute approximate surface area is 120 Å². The molecule has 5 heteroatoms. The molecule has 1 aliphatic heterocycles. The molecule has 2 atom stereocenters. The van der Waals surface area contributed by atoms with Gasteiger partial charge in [-0.15, -0.1) is 0 Å². The number of ether oxygens (including phenoxy) is 1. The fourth-order valence-corrected chi connectivity index (χ4v) is 3.06. The SMILES string of the molecule is C[C@@H]1CCC[C@@H]1NCc1cnc(N2CCOCC2)nc1. The first-order valence-electron chi connectivity index (χ1n) is 7.70. The Morgan fingerprint density at radius 1 is 1.25 bits per heavy atom. The molecule has 20 heavy (non-hydrogen) atoms. The minimum atomic E-state index is 0.661. The lowest BCUT2D eigenvalue weighted by molar-refractivity contribution is 0.122. The smallest absolute Gasteiger partial charge is 0.225 e. The summed E-state index contributed by atoms with van der Waals surface area (Å²) >= 11 is 0. The standard InChI is InChI=1S/C15H24N4O/c1-12-3-2-4-14(12)16-9-13-10-17-15(18-11-13)19-5-7-20-8-6-19/h10-12,14,16H,2-9H2,1H3/t12-,14+/m1/s1. The van der Waals surface area contributed by atoms with Crippen molar-refractivity contribution < 1.29 is 4.74 Å². The van der Waals surface area contributed by atoms with E-state index >= 15 is 0 Å². The topological polar surface area (TPSA) is 50.3 Å². The number of nitrogens with zero attached hydrogens (tertiary/aromatic N) is 3. The zero-order valence-electron chi connectivity index (χ0n) is 12.2. The van der Waals surface area contributed by atoms with Crippen LogP contribution in [0.4, 0.5) is 5.95 Å². The van der Waals surface area contributed by atoms with Gasteiger partial charge in [-0.05, 0) is 18.8 Å². The highest BCUT2D eigenvalue weighted by Gasteiger charge is 2.22. The minimum absolute atomic E-state index is 0.661. The van der Waals surface area contributed by atoms with Gasteiger partial charge < -0.3 is 15.0 Å². The van der Waals surface area contributed by atoms with E-state index in [-0.39, 0.29) is 0 Å². The number of hydrogen-bond donors (Lipinski definition) is 1. The lowest BCUT2D eigenvalue weighted by Gasteiger charge is -2.26. The molecule has 0 bridgehead atoms. The third kappa shape index (κ3) is 3.27. The maximum absolute atomic E-state index is 5.34. The van der Waals surface area contributed by atoms with E-state index in [0.717, 1.165) is 44.7 Å².